The number of benzene rings is 1. The molecule has 0 amide bonds. The minimum absolute atomic E-state index is 0.114. The number of aromatic hydroxyl groups is 1. The molecule has 0 aliphatic heterocycles. The van der Waals surface area contributed by atoms with Crippen LogP contribution < -0.4 is 4.90 Å². The molecule has 22 heavy (non-hydrogen) atoms. The summed E-state index contributed by atoms with van der Waals surface area (Å²) >= 11 is 0. The van der Waals surface area contributed by atoms with E-state index in [2.05, 4.69) is 47.8 Å². The second-order valence-corrected chi connectivity index (χ2v) is 5.66. The normalized spacial score (nSPS) is 11.5. The van der Waals surface area contributed by atoms with Gasteiger partial charge in [-0.15, -0.1) is 10.2 Å². The molecule has 116 valence electrons. The lowest BCUT2D eigenvalue weighted by atomic mass is 10.1. The molecule has 0 aliphatic carbocycles. The molecule has 1 N–H and O–H groups in total. The Hall–Kier alpha value is -2.43. The van der Waals surface area contributed by atoms with Crippen LogP contribution >= 0.6 is 0 Å². The minimum atomic E-state index is 0.114. The van der Waals surface area contributed by atoms with Crippen molar-refractivity contribution in [1.82, 2.24) is 4.98 Å². The molecule has 1 heterocycles. The Morgan fingerprint density at radius 3 is 2.27 bits per heavy atom. The lowest BCUT2D eigenvalue weighted by molar-refractivity contribution is 0.475. The molecule has 0 bridgehead atoms. The molecule has 0 saturated carbocycles. The summed E-state index contributed by atoms with van der Waals surface area (Å²) < 4.78 is 0. The Kier molecular flexibility index (Phi) is 5.09. The van der Waals surface area contributed by atoms with E-state index < -0.39 is 0 Å². The molecule has 0 fully saturated rings. The Morgan fingerprint density at radius 1 is 1.00 bits per heavy atom. The lowest BCUT2D eigenvalue weighted by Gasteiger charge is -2.33. The summed E-state index contributed by atoms with van der Waals surface area (Å²) in [4.78, 5) is 6.30. The van der Waals surface area contributed by atoms with Crippen molar-refractivity contribution < 1.29 is 5.11 Å². The van der Waals surface area contributed by atoms with Gasteiger partial charge in [-0.25, -0.2) is 4.98 Å². The fraction of sp³-hybridized carbons (Fsp3) is 0.353. The number of phenolic OH excluding ortho intramolecular Hbond substituents is 1. The van der Waals surface area contributed by atoms with E-state index in [0.29, 0.717) is 23.6 Å². The van der Waals surface area contributed by atoms with Crippen LogP contribution in [0.1, 0.15) is 27.7 Å². The standard InChI is InChI=1S/C17H22N4O/c1-12(2)21(13(3)4)14-8-9-15(16(22)11-14)19-20-17-7-5-6-10-18-17/h5-13,22H,1-4H3. The molecule has 0 saturated heterocycles. The van der Waals surface area contributed by atoms with Gasteiger partial charge in [0.15, 0.2) is 5.82 Å². The second-order valence-electron chi connectivity index (χ2n) is 5.66. The van der Waals surface area contributed by atoms with Gasteiger partial charge in [0.1, 0.15) is 11.4 Å². The molecule has 0 radical (unpaired) electrons. The van der Waals surface area contributed by atoms with Crippen LogP contribution in [0.5, 0.6) is 5.75 Å². The third kappa shape index (κ3) is 3.81. The molecule has 0 aliphatic rings. The van der Waals surface area contributed by atoms with Gasteiger partial charge in [0.25, 0.3) is 0 Å². The third-order valence-electron chi connectivity index (χ3n) is 3.28. The predicted molar refractivity (Wildman–Crippen MR) is 89.3 cm³/mol. The van der Waals surface area contributed by atoms with Crippen LogP contribution in [0.4, 0.5) is 17.2 Å². The number of pyridine rings is 1. The molecule has 1 aromatic carbocycles. The molecule has 1 aromatic heterocycles. The summed E-state index contributed by atoms with van der Waals surface area (Å²) in [7, 11) is 0. The summed E-state index contributed by atoms with van der Waals surface area (Å²) in [5.41, 5.74) is 1.40. The Bertz CT molecular complexity index is 630. The summed E-state index contributed by atoms with van der Waals surface area (Å²) in [6.07, 6.45) is 1.65. The first-order valence-electron chi connectivity index (χ1n) is 7.43. The number of aromatic nitrogens is 1. The number of hydrogen-bond donors (Lipinski definition) is 1. The van der Waals surface area contributed by atoms with Crippen LogP contribution in [0, 0.1) is 0 Å². The first kappa shape index (κ1) is 15.9. The monoisotopic (exact) mass is 298 g/mol. The van der Waals surface area contributed by atoms with E-state index >= 15 is 0 Å². The molecule has 0 spiro atoms. The molecule has 2 rings (SSSR count). The van der Waals surface area contributed by atoms with Gasteiger partial charge in [-0.05, 0) is 52.0 Å². The topological polar surface area (TPSA) is 61.1 Å². The smallest absolute Gasteiger partial charge is 0.174 e. The lowest BCUT2D eigenvalue weighted by Crippen LogP contribution is -2.36. The maximum atomic E-state index is 10.2. The van der Waals surface area contributed by atoms with Gasteiger partial charge in [-0.2, -0.15) is 0 Å². The van der Waals surface area contributed by atoms with E-state index in [0.717, 1.165) is 5.69 Å². The highest BCUT2D eigenvalue weighted by atomic mass is 16.3. The number of azo groups is 1. The van der Waals surface area contributed by atoms with Crippen molar-refractivity contribution in [2.75, 3.05) is 4.90 Å². The van der Waals surface area contributed by atoms with Crippen LogP contribution in [-0.4, -0.2) is 22.2 Å². The molecule has 0 unspecified atom stereocenters. The highest BCUT2D eigenvalue weighted by Crippen LogP contribution is 2.33. The van der Waals surface area contributed by atoms with Gasteiger partial charge >= 0.3 is 0 Å². The molecular formula is C17H22N4O. The van der Waals surface area contributed by atoms with Crippen molar-refractivity contribution in [3.05, 3.63) is 42.6 Å². The number of anilines is 1. The van der Waals surface area contributed by atoms with Crippen LogP contribution in [0.25, 0.3) is 0 Å². The largest absolute Gasteiger partial charge is 0.506 e. The molecule has 0 atom stereocenters. The summed E-state index contributed by atoms with van der Waals surface area (Å²) in [6, 6.07) is 11.6. The van der Waals surface area contributed by atoms with Crippen molar-refractivity contribution in [1.29, 1.82) is 0 Å². The van der Waals surface area contributed by atoms with E-state index in [-0.39, 0.29) is 5.75 Å². The Morgan fingerprint density at radius 2 is 1.73 bits per heavy atom. The summed E-state index contributed by atoms with van der Waals surface area (Å²) in [5.74, 6) is 0.625. The number of nitrogens with zero attached hydrogens (tertiary/aromatic N) is 4. The average molecular weight is 298 g/mol. The van der Waals surface area contributed by atoms with Gasteiger partial charge in [-0.1, -0.05) is 6.07 Å². The van der Waals surface area contributed by atoms with Crippen molar-refractivity contribution in [3.8, 4) is 5.75 Å². The second kappa shape index (κ2) is 7.02. The van der Waals surface area contributed by atoms with E-state index in [1.807, 2.05) is 18.2 Å². The highest BCUT2D eigenvalue weighted by Gasteiger charge is 2.15. The summed E-state index contributed by atoms with van der Waals surface area (Å²) in [6.45, 7) is 8.52. The Balaban J connectivity index is 2.25. The van der Waals surface area contributed by atoms with Crippen molar-refractivity contribution in [3.63, 3.8) is 0 Å². The number of hydrogen-bond acceptors (Lipinski definition) is 5. The zero-order valence-electron chi connectivity index (χ0n) is 13.4. The number of rotatable bonds is 5. The Labute approximate surface area is 131 Å². The third-order valence-corrected chi connectivity index (χ3v) is 3.28. The van der Waals surface area contributed by atoms with Crippen molar-refractivity contribution in [2.45, 2.75) is 39.8 Å². The fourth-order valence-corrected chi connectivity index (χ4v) is 2.47. The fourth-order valence-electron chi connectivity index (χ4n) is 2.47. The van der Waals surface area contributed by atoms with E-state index in [1.54, 1.807) is 24.4 Å². The van der Waals surface area contributed by atoms with E-state index in [1.165, 1.54) is 0 Å². The van der Waals surface area contributed by atoms with Gasteiger partial charge in [-0.3, -0.25) is 0 Å². The SMILES string of the molecule is CC(C)N(c1ccc(N=Nc2ccccn2)c(O)c1)C(C)C. The van der Waals surface area contributed by atoms with Crippen LogP contribution in [0.3, 0.4) is 0 Å². The van der Waals surface area contributed by atoms with Gasteiger partial charge in [0.05, 0.1) is 0 Å². The first-order chi connectivity index (χ1) is 10.5. The maximum Gasteiger partial charge on any atom is 0.174 e. The molecular weight excluding hydrogens is 276 g/mol. The van der Waals surface area contributed by atoms with Crippen molar-refractivity contribution >= 4 is 17.2 Å². The van der Waals surface area contributed by atoms with Crippen molar-refractivity contribution in [2.24, 2.45) is 10.2 Å². The van der Waals surface area contributed by atoms with Gasteiger partial charge < -0.3 is 10.0 Å². The molecule has 5 heteroatoms. The van der Waals surface area contributed by atoms with E-state index in [9.17, 15) is 5.11 Å². The molecule has 5 nitrogen and oxygen atoms in total. The first-order valence-corrected chi connectivity index (χ1v) is 7.43. The predicted octanol–water partition coefficient (Wildman–Crippen LogP) is 4.83. The average Bonchev–Trinajstić information content (AvgIpc) is 2.46. The van der Waals surface area contributed by atoms with Gasteiger partial charge in [0.2, 0.25) is 0 Å². The molecule has 2 aromatic rings. The van der Waals surface area contributed by atoms with Crippen LogP contribution in [0.2, 0.25) is 0 Å². The zero-order valence-corrected chi connectivity index (χ0v) is 13.4. The van der Waals surface area contributed by atoms with Crippen LogP contribution in [-0.2, 0) is 0 Å². The maximum absolute atomic E-state index is 10.2. The van der Waals surface area contributed by atoms with E-state index in [4.69, 9.17) is 0 Å². The number of phenols is 1. The highest BCUT2D eigenvalue weighted by molar-refractivity contribution is 5.61. The quantitative estimate of drug-likeness (QED) is 0.804. The summed E-state index contributed by atoms with van der Waals surface area (Å²) in [5, 5.41) is 18.3. The zero-order chi connectivity index (χ0) is 16.1. The van der Waals surface area contributed by atoms with Gasteiger partial charge in [0, 0.05) is 30.0 Å². The minimum Gasteiger partial charge on any atom is -0.506 e. The van der Waals surface area contributed by atoms with Crippen LogP contribution in [0.15, 0.2) is 52.8 Å².